The van der Waals surface area contributed by atoms with Crippen LogP contribution in [-0.4, -0.2) is 53.8 Å². The van der Waals surface area contributed by atoms with E-state index in [0.29, 0.717) is 32.1 Å². The maximum atomic E-state index is 13.2. The van der Waals surface area contributed by atoms with Crippen molar-refractivity contribution in [2.75, 3.05) is 26.3 Å². The molecular formula is C20H22N2O5. The molecule has 3 amide bonds. The number of ether oxygens (including phenoxy) is 1. The second-order valence-electron chi connectivity index (χ2n) is 7.77. The van der Waals surface area contributed by atoms with Crippen molar-refractivity contribution in [1.82, 2.24) is 9.80 Å². The number of hydrogen-bond acceptors (Lipinski definition) is 5. The monoisotopic (exact) mass is 370 g/mol. The van der Waals surface area contributed by atoms with E-state index in [2.05, 4.69) is 12.2 Å². The quantitative estimate of drug-likeness (QED) is 0.591. The van der Waals surface area contributed by atoms with Crippen molar-refractivity contribution in [3.63, 3.8) is 0 Å². The summed E-state index contributed by atoms with van der Waals surface area (Å²) in [6.07, 6.45) is 6.59. The number of fused-ring (bicyclic) bond motifs is 5. The number of nitrogens with zero attached hydrogens (tertiary/aromatic N) is 2. The summed E-state index contributed by atoms with van der Waals surface area (Å²) < 4.78 is 10.8. The van der Waals surface area contributed by atoms with Gasteiger partial charge in [0, 0.05) is 13.1 Å². The topological polar surface area (TPSA) is 80.1 Å². The number of amides is 3. The molecule has 2 bridgehead atoms. The molecule has 5 atom stereocenters. The summed E-state index contributed by atoms with van der Waals surface area (Å²) in [5.74, 6) is -0.165. The predicted octanol–water partition coefficient (Wildman–Crippen LogP) is 1.38. The second kappa shape index (κ2) is 6.34. The van der Waals surface area contributed by atoms with Crippen LogP contribution in [0.3, 0.4) is 0 Å². The molecular weight excluding hydrogens is 348 g/mol. The van der Waals surface area contributed by atoms with Gasteiger partial charge in [-0.25, -0.2) is 0 Å². The molecule has 0 aromatic carbocycles. The number of rotatable bonds is 4. The Labute approximate surface area is 156 Å². The van der Waals surface area contributed by atoms with E-state index in [0.717, 1.165) is 6.42 Å². The van der Waals surface area contributed by atoms with Gasteiger partial charge in [-0.15, -0.1) is 0 Å². The van der Waals surface area contributed by atoms with E-state index in [1.54, 1.807) is 17.0 Å². The van der Waals surface area contributed by atoms with Gasteiger partial charge in [0.1, 0.15) is 11.8 Å². The smallest absolute Gasteiger partial charge is 0.234 e. The van der Waals surface area contributed by atoms with Crippen LogP contribution in [0.15, 0.2) is 35.0 Å². The third-order valence-electron chi connectivity index (χ3n) is 6.42. The first-order chi connectivity index (χ1) is 13.1. The first-order valence-electron chi connectivity index (χ1n) is 9.59. The number of carbonyl (C=O) groups is 3. The van der Waals surface area contributed by atoms with Gasteiger partial charge in [0.05, 0.1) is 37.7 Å². The molecule has 7 heteroatoms. The zero-order valence-corrected chi connectivity index (χ0v) is 15.0. The average molecular weight is 370 g/mol. The number of carbonyl (C=O) groups excluding carboxylic acids is 3. The molecule has 5 unspecified atom stereocenters. The number of hydrogen-bond donors (Lipinski definition) is 0. The van der Waals surface area contributed by atoms with Crippen molar-refractivity contribution >= 4 is 17.7 Å². The van der Waals surface area contributed by atoms with E-state index in [1.807, 2.05) is 0 Å². The Kier molecular flexibility index (Phi) is 3.93. The number of likely N-dealkylation sites (tertiary alicyclic amines) is 1. The fourth-order valence-electron chi connectivity index (χ4n) is 5.14. The number of imide groups is 1. The molecule has 5 rings (SSSR count). The molecule has 2 aliphatic carbocycles. The van der Waals surface area contributed by atoms with Crippen molar-refractivity contribution in [3.8, 4) is 0 Å². The molecule has 0 spiro atoms. The fourth-order valence-corrected chi connectivity index (χ4v) is 5.14. The van der Waals surface area contributed by atoms with Crippen molar-refractivity contribution in [1.29, 1.82) is 0 Å². The zero-order valence-electron chi connectivity index (χ0n) is 15.0. The first kappa shape index (κ1) is 16.7. The van der Waals surface area contributed by atoms with E-state index in [9.17, 15) is 14.4 Å². The van der Waals surface area contributed by atoms with Crippen LogP contribution in [0.1, 0.15) is 24.6 Å². The van der Waals surface area contributed by atoms with Crippen molar-refractivity contribution in [2.24, 2.45) is 23.7 Å². The van der Waals surface area contributed by atoms with Crippen LogP contribution >= 0.6 is 0 Å². The van der Waals surface area contributed by atoms with Gasteiger partial charge in [-0.3, -0.25) is 19.3 Å². The number of furan rings is 1. The maximum absolute atomic E-state index is 13.2. The van der Waals surface area contributed by atoms with Gasteiger partial charge < -0.3 is 14.1 Å². The Hall–Kier alpha value is -2.41. The summed E-state index contributed by atoms with van der Waals surface area (Å²) in [7, 11) is 0. The molecule has 1 aromatic rings. The van der Waals surface area contributed by atoms with Crippen LogP contribution in [0.2, 0.25) is 0 Å². The minimum Gasteiger partial charge on any atom is -0.467 e. The summed E-state index contributed by atoms with van der Waals surface area (Å²) in [5, 5.41) is 0. The molecule has 1 aromatic heterocycles. The lowest BCUT2D eigenvalue weighted by Gasteiger charge is -2.31. The average Bonchev–Trinajstić information content (AvgIpc) is 3.46. The third-order valence-corrected chi connectivity index (χ3v) is 6.42. The van der Waals surface area contributed by atoms with E-state index >= 15 is 0 Å². The number of morpholine rings is 1. The van der Waals surface area contributed by atoms with E-state index in [-0.39, 0.29) is 47.8 Å². The Morgan fingerprint density at radius 1 is 1.11 bits per heavy atom. The molecule has 7 nitrogen and oxygen atoms in total. The van der Waals surface area contributed by atoms with Crippen molar-refractivity contribution in [3.05, 3.63) is 36.3 Å². The first-order valence-corrected chi connectivity index (χ1v) is 9.59. The van der Waals surface area contributed by atoms with Crippen LogP contribution in [0.25, 0.3) is 0 Å². The van der Waals surface area contributed by atoms with Crippen LogP contribution in [0.5, 0.6) is 0 Å². The molecule has 3 fully saturated rings. The maximum Gasteiger partial charge on any atom is 0.234 e. The van der Waals surface area contributed by atoms with Gasteiger partial charge in [-0.2, -0.15) is 0 Å². The van der Waals surface area contributed by atoms with Gasteiger partial charge >= 0.3 is 0 Å². The highest BCUT2D eigenvalue weighted by Gasteiger charge is 2.60. The summed E-state index contributed by atoms with van der Waals surface area (Å²) in [6.45, 7) is 2.09. The number of allylic oxidation sites excluding steroid dienone is 2. The SMILES string of the molecule is O=C(CC(c1ccco1)N1C(=O)C2C3C=CC(C3)C2C1=O)N1CCOCC1. The zero-order chi connectivity index (χ0) is 18.5. The minimum atomic E-state index is -0.680. The lowest BCUT2D eigenvalue weighted by atomic mass is 9.85. The van der Waals surface area contributed by atoms with E-state index in [1.165, 1.54) is 11.2 Å². The Balaban J connectivity index is 1.42. The van der Waals surface area contributed by atoms with Crippen molar-refractivity contribution < 1.29 is 23.5 Å². The summed E-state index contributed by atoms with van der Waals surface area (Å²) in [5.41, 5.74) is 0. The third kappa shape index (κ3) is 2.56. The molecule has 142 valence electrons. The second-order valence-corrected chi connectivity index (χ2v) is 7.77. The Morgan fingerprint density at radius 2 is 1.78 bits per heavy atom. The van der Waals surface area contributed by atoms with Gasteiger partial charge in [0.15, 0.2) is 0 Å². The highest BCUT2D eigenvalue weighted by atomic mass is 16.5. The Bertz CT molecular complexity index is 765. The van der Waals surface area contributed by atoms with Crippen LogP contribution in [0.4, 0.5) is 0 Å². The normalized spacial score (nSPS) is 33.0. The highest BCUT2D eigenvalue weighted by Crippen LogP contribution is 2.54. The summed E-state index contributed by atoms with van der Waals surface area (Å²) >= 11 is 0. The van der Waals surface area contributed by atoms with E-state index < -0.39 is 6.04 Å². The predicted molar refractivity (Wildman–Crippen MR) is 93.0 cm³/mol. The molecule has 3 heterocycles. The standard InChI is InChI=1S/C20H22N2O5/c23-16(21-5-8-26-9-6-21)11-14(15-2-1-7-27-15)22-19(24)17-12-3-4-13(10-12)18(17)20(22)25/h1-4,7,12-14,17-18H,5-6,8-11H2. The van der Waals surface area contributed by atoms with Gasteiger partial charge in [-0.1, -0.05) is 12.2 Å². The molecule has 2 saturated heterocycles. The highest BCUT2D eigenvalue weighted by molar-refractivity contribution is 6.07. The summed E-state index contributed by atoms with van der Waals surface area (Å²) in [6, 6.07) is 2.78. The van der Waals surface area contributed by atoms with Crippen LogP contribution in [-0.2, 0) is 19.1 Å². The lowest BCUT2D eigenvalue weighted by Crippen LogP contribution is -2.44. The van der Waals surface area contributed by atoms with E-state index in [4.69, 9.17) is 9.15 Å². The lowest BCUT2D eigenvalue weighted by molar-refractivity contribution is -0.146. The molecule has 1 saturated carbocycles. The molecule has 27 heavy (non-hydrogen) atoms. The van der Waals surface area contributed by atoms with Gasteiger partial charge in [-0.05, 0) is 30.4 Å². The Morgan fingerprint density at radius 3 is 2.37 bits per heavy atom. The minimum absolute atomic E-state index is 0.0488. The summed E-state index contributed by atoms with van der Waals surface area (Å²) in [4.78, 5) is 42.2. The van der Waals surface area contributed by atoms with Crippen LogP contribution < -0.4 is 0 Å². The largest absolute Gasteiger partial charge is 0.467 e. The molecule has 4 aliphatic rings. The molecule has 0 N–H and O–H groups in total. The van der Waals surface area contributed by atoms with Gasteiger partial charge in [0.25, 0.3) is 0 Å². The molecule has 2 aliphatic heterocycles. The van der Waals surface area contributed by atoms with Crippen molar-refractivity contribution in [2.45, 2.75) is 18.9 Å². The van der Waals surface area contributed by atoms with Crippen LogP contribution in [0, 0.1) is 23.7 Å². The molecule has 0 radical (unpaired) electrons. The fraction of sp³-hybridized carbons (Fsp3) is 0.550. The van der Waals surface area contributed by atoms with Gasteiger partial charge in [0.2, 0.25) is 17.7 Å².